The molecule has 96 valence electrons. The summed E-state index contributed by atoms with van der Waals surface area (Å²) in [6.07, 6.45) is -7.19. The topological polar surface area (TPSA) is 61.4 Å². The summed E-state index contributed by atoms with van der Waals surface area (Å²) in [5.74, 6) is 0.636. The number of halogens is 4. The second-order valence-electron chi connectivity index (χ2n) is 3.07. The quantitative estimate of drug-likeness (QED) is 0.687. The van der Waals surface area contributed by atoms with E-state index in [0.717, 1.165) is 0 Å². The Kier molecular flexibility index (Phi) is 6.46. The first-order valence-electron chi connectivity index (χ1n) is 4.25. The lowest BCUT2D eigenvalue weighted by atomic mass is 10.3. The molecule has 0 aromatic carbocycles. The number of nitrogens with one attached hydrogen (secondary N) is 2. The van der Waals surface area contributed by atoms with Crippen LogP contribution in [0.25, 0.3) is 0 Å². The predicted molar refractivity (Wildman–Crippen MR) is 56.6 cm³/mol. The van der Waals surface area contributed by atoms with Crippen LogP contribution in [0.4, 0.5) is 13.2 Å². The number of hydrogen-bond donors (Lipinski definition) is 3. The number of carbonyl (C=O) groups excluding carboxylic acids is 1. The molecule has 0 spiro atoms. The fourth-order valence-electron chi connectivity index (χ4n) is 1.000. The Bertz CT molecular complexity index is 236. The van der Waals surface area contributed by atoms with Crippen molar-refractivity contribution in [1.82, 2.24) is 10.6 Å². The third-order valence-corrected chi connectivity index (χ3v) is 2.82. The largest absolute Gasteiger partial charge is 0.416 e. The monoisotopic (exact) mass is 280 g/mol. The van der Waals surface area contributed by atoms with Gasteiger partial charge in [-0.2, -0.15) is 13.2 Å². The number of amides is 1. The maximum atomic E-state index is 11.9. The molecular formula is C7H12ClF3N2O2S. The van der Waals surface area contributed by atoms with Gasteiger partial charge in [-0.05, 0) is 0 Å². The lowest BCUT2D eigenvalue weighted by Gasteiger charge is -2.16. The highest BCUT2D eigenvalue weighted by molar-refractivity contribution is 7.99. The van der Waals surface area contributed by atoms with Crippen molar-refractivity contribution in [2.24, 2.45) is 0 Å². The molecule has 0 bridgehead atoms. The van der Waals surface area contributed by atoms with E-state index in [0.29, 0.717) is 11.6 Å². The molecule has 2 atom stereocenters. The molecule has 1 aliphatic heterocycles. The maximum Gasteiger partial charge on any atom is 0.416 e. The van der Waals surface area contributed by atoms with Gasteiger partial charge in [0.25, 0.3) is 0 Å². The molecule has 1 heterocycles. The zero-order valence-electron chi connectivity index (χ0n) is 8.08. The second-order valence-corrected chi connectivity index (χ2v) is 4.10. The standard InChI is InChI=1S/C7H11F3N2O2S.ClH/c8-7(9,10)5(13)1-11-6(14)4-2-15-3-12-4;/h4-5,12-13H,1-3H2,(H,11,14);1H. The van der Waals surface area contributed by atoms with E-state index in [2.05, 4.69) is 5.32 Å². The Labute approximate surface area is 101 Å². The molecule has 0 radical (unpaired) electrons. The van der Waals surface area contributed by atoms with E-state index in [1.165, 1.54) is 11.8 Å². The van der Waals surface area contributed by atoms with Crippen LogP contribution in [0.3, 0.4) is 0 Å². The van der Waals surface area contributed by atoms with Gasteiger partial charge in [-0.25, -0.2) is 0 Å². The van der Waals surface area contributed by atoms with Crippen molar-refractivity contribution in [3.8, 4) is 0 Å². The first-order chi connectivity index (χ1) is 6.91. The second kappa shape index (κ2) is 6.53. The average Bonchev–Trinajstić information content (AvgIpc) is 2.64. The van der Waals surface area contributed by atoms with E-state index < -0.39 is 30.8 Å². The molecule has 1 aliphatic rings. The van der Waals surface area contributed by atoms with E-state index in [-0.39, 0.29) is 12.4 Å². The van der Waals surface area contributed by atoms with Crippen LogP contribution in [0, 0.1) is 0 Å². The van der Waals surface area contributed by atoms with Gasteiger partial charge in [0.15, 0.2) is 6.10 Å². The van der Waals surface area contributed by atoms with Crippen molar-refractivity contribution in [3.05, 3.63) is 0 Å². The van der Waals surface area contributed by atoms with Crippen LogP contribution in [-0.2, 0) is 4.79 Å². The van der Waals surface area contributed by atoms with Crippen LogP contribution in [-0.4, -0.2) is 47.5 Å². The summed E-state index contributed by atoms with van der Waals surface area (Å²) >= 11 is 1.49. The minimum absolute atomic E-state index is 0. The van der Waals surface area contributed by atoms with E-state index in [4.69, 9.17) is 5.11 Å². The smallest absolute Gasteiger partial charge is 0.382 e. The van der Waals surface area contributed by atoms with Crippen LogP contribution in [0.15, 0.2) is 0 Å². The summed E-state index contributed by atoms with van der Waals surface area (Å²) < 4.78 is 35.6. The Hall–Kier alpha value is -0.180. The first kappa shape index (κ1) is 15.8. The summed E-state index contributed by atoms with van der Waals surface area (Å²) in [6.45, 7) is -0.800. The fraction of sp³-hybridized carbons (Fsp3) is 0.857. The summed E-state index contributed by atoms with van der Waals surface area (Å²) in [6, 6.07) is -0.463. The van der Waals surface area contributed by atoms with Crippen molar-refractivity contribution in [2.45, 2.75) is 18.3 Å². The zero-order chi connectivity index (χ0) is 11.5. The van der Waals surface area contributed by atoms with Gasteiger partial charge in [-0.3, -0.25) is 10.1 Å². The van der Waals surface area contributed by atoms with E-state index in [1.807, 2.05) is 5.32 Å². The van der Waals surface area contributed by atoms with Gasteiger partial charge in [0, 0.05) is 11.6 Å². The van der Waals surface area contributed by atoms with Gasteiger partial charge in [0.2, 0.25) is 5.91 Å². The van der Waals surface area contributed by atoms with Gasteiger partial charge in [-0.1, -0.05) is 0 Å². The number of aliphatic hydroxyl groups excluding tert-OH is 1. The van der Waals surface area contributed by atoms with Crippen molar-refractivity contribution in [3.63, 3.8) is 0 Å². The summed E-state index contributed by atoms with van der Waals surface area (Å²) in [7, 11) is 0. The molecule has 1 fully saturated rings. The minimum atomic E-state index is -4.69. The van der Waals surface area contributed by atoms with Crippen LogP contribution in [0.5, 0.6) is 0 Å². The van der Waals surface area contributed by atoms with Crippen molar-refractivity contribution >= 4 is 30.1 Å². The molecule has 0 saturated carbocycles. The molecular weight excluding hydrogens is 269 g/mol. The van der Waals surface area contributed by atoms with Crippen LogP contribution < -0.4 is 10.6 Å². The predicted octanol–water partition coefficient (Wildman–Crippen LogP) is 0.110. The molecule has 2 unspecified atom stereocenters. The third kappa shape index (κ3) is 4.77. The van der Waals surface area contributed by atoms with Crippen LogP contribution in [0.1, 0.15) is 0 Å². The number of carbonyl (C=O) groups is 1. The normalized spacial score (nSPS) is 22.4. The summed E-state index contributed by atoms with van der Waals surface area (Å²) in [4.78, 5) is 11.2. The molecule has 0 aromatic heterocycles. The number of aliphatic hydroxyl groups is 1. The maximum absolute atomic E-state index is 11.9. The number of rotatable bonds is 3. The number of alkyl halides is 3. The van der Waals surface area contributed by atoms with Crippen molar-refractivity contribution in [1.29, 1.82) is 0 Å². The molecule has 1 saturated heterocycles. The average molecular weight is 281 g/mol. The number of thioether (sulfide) groups is 1. The van der Waals surface area contributed by atoms with E-state index in [1.54, 1.807) is 0 Å². The Balaban J connectivity index is 0.00000225. The van der Waals surface area contributed by atoms with Crippen molar-refractivity contribution < 1.29 is 23.1 Å². The SMILES string of the molecule is Cl.O=C(NCC(O)C(F)(F)F)C1CSCN1. The fourth-order valence-corrected chi connectivity index (χ4v) is 1.94. The van der Waals surface area contributed by atoms with Gasteiger partial charge in [-0.15, -0.1) is 24.2 Å². The van der Waals surface area contributed by atoms with E-state index >= 15 is 0 Å². The molecule has 16 heavy (non-hydrogen) atoms. The lowest BCUT2D eigenvalue weighted by Crippen LogP contribution is -2.47. The summed E-state index contributed by atoms with van der Waals surface area (Å²) in [5.41, 5.74) is 0. The van der Waals surface area contributed by atoms with Gasteiger partial charge in [0.05, 0.1) is 12.6 Å². The van der Waals surface area contributed by atoms with Gasteiger partial charge >= 0.3 is 6.18 Å². The van der Waals surface area contributed by atoms with Crippen LogP contribution in [0.2, 0.25) is 0 Å². The van der Waals surface area contributed by atoms with Gasteiger partial charge in [0.1, 0.15) is 0 Å². The summed E-state index contributed by atoms with van der Waals surface area (Å²) in [5, 5.41) is 13.5. The van der Waals surface area contributed by atoms with Gasteiger partial charge < -0.3 is 10.4 Å². The molecule has 1 amide bonds. The zero-order valence-corrected chi connectivity index (χ0v) is 9.71. The highest BCUT2D eigenvalue weighted by atomic mass is 35.5. The Morgan fingerprint density at radius 1 is 1.62 bits per heavy atom. The lowest BCUT2D eigenvalue weighted by molar-refractivity contribution is -0.201. The van der Waals surface area contributed by atoms with E-state index in [9.17, 15) is 18.0 Å². The molecule has 1 rings (SSSR count). The first-order valence-corrected chi connectivity index (χ1v) is 5.40. The third-order valence-electron chi connectivity index (χ3n) is 1.88. The molecule has 0 aromatic rings. The van der Waals surface area contributed by atoms with Crippen LogP contribution >= 0.6 is 24.2 Å². The molecule has 9 heteroatoms. The Morgan fingerprint density at radius 2 is 2.25 bits per heavy atom. The highest BCUT2D eigenvalue weighted by Gasteiger charge is 2.38. The minimum Gasteiger partial charge on any atom is -0.382 e. The molecule has 4 nitrogen and oxygen atoms in total. The van der Waals surface area contributed by atoms with Crippen molar-refractivity contribution in [2.75, 3.05) is 18.2 Å². The highest BCUT2D eigenvalue weighted by Crippen LogP contribution is 2.19. The molecule has 3 N–H and O–H groups in total. The number of hydrogen-bond acceptors (Lipinski definition) is 4. The Morgan fingerprint density at radius 3 is 2.69 bits per heavy atom. The molecule has 0 aliphatic carbocycles.